The lowest BCUT2D eigenvalue weighted by Gasteiger charge is -2.27. The van der Waals surface area contributed by atoms with Gasteiger partial charge in [0, 0.05) is 29.6 Å². The molecule has 128 valence electrons. The van der Waals surface area contributed by atoms with Gasteiger partial charge in [0.1, 0.15) is 0 Å². The summed E-state index contributed by atoms with van der Waals surface area (Å²) in [6, 6.07) is 8.10. The number of carbonyl (C=O) groups is 2. The molecule has 0 aliphatic carbocycles. The Morgan fingerprint density at radius 1 is 1.20 bits per heavy atom. The quantitative estimate of drug-likeness (QED) is 0.477. The number of nitro groups is 1. The second-order valence-electron chi connectivity index (χ2n) is 6.15. The number of benzene rings is 1. The average molecular weight is 357 g/mol. The van der Waals surface area contributed by atoms with Crippen molar-refractivity contribution in [1.82, 2.24) is 9.80 Å². The number of thiophene rings is 1. The molecule has 2 aromatic rings. The minimum atomic E-state index is -0.562. The van der Waals surface area contributed by atoms with Crippen molar-refractivity contribution in [2.24, 2.45) is 0 Å². The predicted octanol–water partition coefficient (Wildman–Crippen LogP) is 3.05. The number of nitro benzene ring substituents is 1. The van der Waals surface area contributed by atoms with Gasteiger partial charge in [0.25, 0.3) is 17.5 Å². The van der Waals surface area contributed by atoms with Gasteiger partial charge in [0.05, 0.1) is 22.7 Å². The molecule has 0 spiro atoms. The van der Waals surface area contributed by atoms with Crippen molar-refractivity contribution in [2.75, 3.05) is 13.2 Å². The molecule has 0 saturated carbocycles. The third kappa shape index (κ3) is 2.63. The molecule has 4 rings (SSSR count). The van der Waals surface area contributed by atoms with E-state index in [1.165, 1.54) is 28.0 Å². The van der Waals surface area contributed by atoms with E-state index in [2.05, 4.69) is 11.0 Å². The molecule has 2 aliphatic heterocycles. The molecule has 1 aromatic heterocycles. The lowest BCUT2D eigenvalue weighted by molar-refractivity contribution is -0.384. The SMILES string of the molecule is O=C1c2ccc([N+](=O)[O-])cc2C(=O)N1CN1CCC[C@@H]1c1cccs1. The van der Waals surface area contributed by atoms with E-state index in [-0.39, 0.29) is 35.4 Å². The van der Waals surface area contributed by atoms with Gasteiger partial charge < -0.3 is 0 Å². The molecule has 2 amide bonds. The summed E-state index contributed by atoms with van der Waals surface area (Å²) in [7, 11) is 0. The Morgan fingerprint density at radius 3 is 2.72 bits per heavy atom. The van der Waals surface area contributed by atoms with E-state index < -0.39 is 10.8 Å². The van der Waals surface area contributed by atoms with Gasteiger partial charge in [-0.3, -0.25) is 29.5 Å². The number of fused-ring (bicyclic) bond motifs is 1. The van der Waals surface area contributed by atoms with Crippen LogP contribution in [-0.4, -0.2) is 39.8 Å². The summed E-state index contributed by atoms with van der Waals surface area (Å²) < 4.78 is 0. The summed E-state index contributed by atoms with van der Waals surface area (Å²) in [5, 5.41) is 12.9. The van der Waals surface area contributed by atoms with Gasteiger partial charge in [0.2, 0.25) is 0 Å². The Balaban J connectivity index is 1.58. The standard InChI is InChI=1S/C17H15N3O4S/c21-16-12-6-5-11(20(23)24)9-13(12)17(22)19(16)10-18-7-1-3-14(18)15-4-2-8-25-15/h2,4-6,8-9,14H,1,3,7,10H2/t14-/m1/s1. The molecule has 7 nitrogen and oxygen atoms in total. The smallest absolute Gasteiger partial charge is 0.270 e. The van der Waals surface area contributed by atoms with Crippen LogP contribution in [-0.2, 0) is 0 Å². The Labute approximate surface area is 147 Å². The van der Waals surface area contributed by atoms with Crippen LogP contribution in [0, 0.1) is 10.1 Å². The molecule has 1 atom stereocenters. The largest absolute Gasteiger partial charge is 0.278 e. The van der Waals surface area contributed by atoms with Crippen LogP contribution in [0.5, 0.6) is 0 Å². The van der Waals surface area contributed by atoms with Crippen molar-refractivity contribution >= 4 is 28.8 Å². The van der Waals surface area contributed by atoms with Gasteiger partial charge in [-0.25, -0.2) is 0 Å². The third-order valence-corrected chi connectivity index (χ3v) is 5.70. The van der Waals surface area contributed by atoms with E-state index in [0.29, 0.717) is 0 Å². The molecule has 8 heteroatoms. The summed E-state index contributed by atoms with van der Waals surface area (Å²) in [5.41, 5.74) is 0.174. The fourth-order valence-electron chi connectivity index (χ4n) is 3.50. The molecular formula is C17H15N3O4S. The maximum absolute atomic E-state index is 12.6. The number of hydrogen-bond donors (Lipinski definition) is 0. The number of likely N-dealkylation sites (tertiary alicyclic amines) is 1. The minimum Gasteiger partial charge on any atom is -0.278 e. The molecule has 2 aliphatic rings. The monoisotopic (exact) mass is 357 g/mol. The maximum Gasteiger partial charge on any atom is 0.270 e. The van der Waals surface area contributed by atoms with Crippen LogP contribution in [0.4, 0.5) is 5.69 Å². The number of carbonyl (C=O) groups excluding carboxylic acids is 2. The zero-order chi connectivity index (χ0) is 17.6. The van der Waals surface area contributed by atoms with Gasteiger partial charge >= 0.3 is 0 Å². The highest BCUT2D eigenvalue weighted by atomic mass is 32.1. The van der Waals surface area contributed by atoms with Crippen molar-refractivity contribution in [1.29, 1.82) is 0 Å². The Kier molecular flexibility index (Phi) is 3.85. The van der Waals surface area contributed by atoms with Crippen molar-refractivity contribution in [3.8, 4) is 0 Å². The maximum atomic E-state index is 12.6. The van der Waals surface area contributed by atoms with Crippen LogP contribution in [0.3, 0.4) is 0 Å². The molecule has 1 saturated heterocycles. The van der Waals surface area contributed by atoms with E-state index >= 15 is 0 Å². The number of non-ortho nitro benzene ring substituents is 1. The summed E-state index contributed by atoms with van der Waals surface area (Å²) >= 11 is 1.67. The minimum absolute atomic E-state index is 0.117. The Bertz CT molecular complexity index is 865. The second-order valence-corrected chi connectivity index (χ2v) is 7.13. The zero-order valence-electron chi connectivity index (χ0n) is 13.3. The van der Waals surface area contributed by atoms with Crippen LogP contribution < -0.4 is 0 Å². The van der Waals surface area contributed by atoms with Crippen LogP contribution >= 0.6 is 11.3 Å². The predicted molar refractivity (Wildman–Crippen MR) is 91.5 cm³/mol. The van der Waals surface area contributed by atoms with Crippen molar-refractivity contribution < 1.29 is 14.5 Å². The van der Waals surface area contributed by atoms with Gasteiger partial charge in [-0.05, 0) is 30.4 Å². The van der Waals surface area contributed by atoms with Gasteiger partial charge in [-0.15, -0.1) is 11.3 Å². The number of rotatable bonds is 4. The first-order chi connectivity index (χ1) is 12.1. The van der Waals surface area contributed by atoms with E-state index in [4.69, 9.17) is 0 Å². The highest BCUT2D eigenvalue weighted by Crippen LogP contribution is 2.35. The van der Waals surface area contributed by atoms with E-state index in [1.807, 2.05) is 11.4 Å². The van der Waals surface area contributed by atoms with Crippen molar-refractivity contribution in [2.45, 2.75) is 18.9 Å². The van der Waals surface area contributed by atoms with Gasteiger partial charge in [-0.1, -0.05) is 6.07 Å². The topological polar surface area (TPSA) is 83.8 Å². The molecule has 3 heterocycles. The molecule has 25 heavy (non-hydrogen) atoms. The average Bonchev–Trinajstić information content (AvgIpc) is 3.32. The molecule has 0 N–H and O–H groups in total. The van der Waals surface area contributed by atoms with Gasteiger partial charge in [-0.2, -0.15) is 0 Å². The molecule has 1 fully saturated rings. The lowest BCUT2D eigenvalue weighted by Crippen LogP contribution is -2.40. The first kappa shape index (κ1) is 15.9. The molecule has 0 unspecified atom stereocenters. The normalized spacial score (nSPS) is 20.3. The first-order valence-corrected chi connectivity index (χ1v) is 8.86. The molecule has 0 radical (unpaired) electrons. The van der Waals surface area contributed by atoms with Crippen molar-refractivity contribution in [3.63, 3.8) is 0 Å². The van der Waals surface area contributed by atoms with Crippen LogP contribution in [0.15, 0.2) is 35.7 Å². The second kappa shape index (κ2) is 6.05. The Morgan fingerprint density at radius 2 is 2.00 bits per heavy atom. The zero-order valence-corrected chi connectivity index (χ0v) is 14.1. The summed E-state index contributed by atoms with van der Waals surface area (Å²) in [5.74, 6) is -0.841. The molecule has 0 bridgehead atoms. The van der Waals surface area contributed by atoms with E-state index in [1.54, 1.807) is 11.3 Å². The summed E-state index contributed by atoms with van der Waals surface area (Å²) in [6.07, 6.45) is 2.01. The molecular weight excluding hydrogens is 342 g/mol. The summed E-state index contributed by atoms with van der Waals surface area (Å²) in [6.45, 7) is 1.03. The lowest BCUT2D eigenvalue weighted by atomic mass is 10.1. The van der Waals surface area contributed by atoms with Crippen LogP contribution in [0.2, 0.25) is 0 Å². The molecule has 1 aromatic carbocycles. The fourth-order valence-corrected chi connectivity index (χ4v) is 4.40. The number of amides is 2. The summed E-state index contributed by atoms with van der Waals surface area (Å²) in [4.78, 5) is 40.1. The van der Waals surface area contributed by atoms with Crippen LogP contribution in [0.25, 0.3) is 0 Å². The number of imide groups is 1. The third-order valence-electron chi connectivity index (χ3n) is 4.72. The van der Waals surface area contributed by atoms with E-state index in [0.717, 1.165) is 19.4 Å². The Hall–Kier alpha value is -2.58. The number of hydrogen-bond acceptors (Lipinski definition) is 6. The number of nitrogens with zero attached hydrogens (tertiary/aromatic N) is 3. The highest BCUT2D eigenvalue weighted by molar-refractivity contribution is 7.10. The van der Waals surface area contributed by atoms with Gasteiger partial charge in [0.15, 0.2) is 0 Å². The van der Waals surface area contributed by atoms with Crippen molar-refractivity contribution in [3.05, 3.63) is 61.8 Å². The van der Waals surface area contributed by atoms with E-state index in [9.17, 15) is 19.7 Å². The first-order valence-electron chi connectivity index (χ1n) is 7.98. The highest BCUT2D eigenvalue weighted by Gasteiger charge is 2.39. The fraction of sp³-hybridized carbons (Fsp3) is 0.294. The van der Waals surface area contributed by atoms with Crippen LogP contribution in [0.1, 0.15) is 44.5 Å².